The topological polar surface area (TPSA) is 298 Å². The van der Waals surface area contributed by atoms with Gasteiger partial charge in [-0.25, -0.2) is 38.4 Å². The number of benzene rings is 10. The number of carboxylic acids is 8. The maximum absolute atomic E-state index is 12.3. The number of carbonyl (C=O) groups is 8. The highest BCUT2D eigenvalue weighted by atomic mass is 16.4. The molecule has 0 atom stereocenters. The Hall–Kier alpha value is -9.44. The zero-order valence-electron chi connectivity index (χ0n) is 32.1. The lowest BCUT2D eigenvalue weighted by molar-refractivity contribution is 0.0634. The maximum Gasteiger partial charge on any atom is 0.337 e. The molecule has 0 bridgehead atoms. The summed E-state index contributed by atoms with van der Waals surface area (Å²) in [4.78, 5) is 97.4. The van der Waals surface area contributed by atoms with E-state index in [0.29, 0.717) is 43.1 Å². The molecular formula is C48H24O16. The van der Waals surface area contributed by atoms with E-state index in [1.807, 2.05) is 24.3 Å². The van der Waals surface area contributed by atoms with Crippen molar-refractivity contribution in [1.82, 2.24) is 0 Å². The minimum Gasteiger partial charge on any atom is -0.478 e. The molecule has 10 rings (SSSR count). The van der Waals surface area contributed by atoms with Crippen LogP contribution in [0.3, 0.4) is 0 Å². The van der Waals surface area contributed by atoms with Gasteiger partial charge in [-0.05, 0) is 66.0 Å². The second kappa shape index (κ2) is 14.1. The van der Waals surface area contributed by atoms with E-state index in [1.165, 1.54) is 24.3 Å². The van der Waals surface area contributed by atoms with Gasteiger partial charge in [-0.1, -0.05) is 84.9 Å². The second-order valence-electron chi connectivity index (χ2n) is 14.7. The van der Waals surface area contributed by atoms with Crippen LogP contribution in [0.1, 0.15) is 82.9 Å². The van der Waals surface area contributed by atoms with E-state index in [0.717, 1.165) is 10.8 Å². The van der Waals surface area contributed by atoms with Gasteiger partial charge < -0.3 is 40.9 Å². The number of carboxylic acid groups (broad SMARTS) is 8. The average molecular weight is 857 g/mol. The van der Waals surface area contributed by atoms with Crippen molar-refractivity contribution in [1.29, 1.82) is 0 Å². The van der Waals surface area contributed by atoms with Crippen LogP contribution in [0.25, 0.3) is 86.2 Å². The smallest absolute Gasteiger partial charge is 0.337 e. The van der Waals surface area contributed by atoms with E-state index in [2.05, 4.69) is 0 Å². The molecule has 312 valence electrons. The lowest BCUT2D eigenvalue weighted by Gasteiger charge is -2.20. The highest BCUT2D eigenvalue weighted by Crippen LogP contribution is 2.47. The molecule has 0 radical (unpaired) electrons. The summed E-state index contributed by atoms with van der Waals surface area (Å²) in [6, 6.07) is 26.4. The molecule has 16 nitrogen and oxygen atoms in total. The van der Waals surface area contributed by atoms with Gasteiger partial charge in [0.05, 0.1) is 44.5 Å². The summed E-state index contributed by atoms with van der Waals surface area (Å²) in [7, 11) is 0. The van der Waals surface area contributed by atoms with Crippen molar-refractivity contribution < 1.29 is 79.2 Å². The third kappa shape index (κ3) is 5.42. The molecule has 0 aliphatic heterocycles. The number of aromatic carboxylic acids is 8. The zero-order chi connectivity index (χ0) is 45.8. The molecule has 16 heteroatoms. The first kappa shape index (κ1) is 40.0. The summed E-state index contributed by atoms with van der Waals surface area (Å²) >= 11 is 0. The first-order valence-corrected chi connectivity index (χ1v) is 18.7. The van der Waals surface area contributed by atoms with Crippen LogP contribution in [0, 0.1) is 0 Å². The number of rotatable bonds is 8. The molecule has 0 aliphatic carbocycles. The Kier molecular flexibility index (Phi) is 8.79. The van der Waals surface area contributed by atoms with Gasteiger partial charge in [0.1, 0.15) is 0 Å². The highest BCUT2D eigenvalue weighted by molar-refractivity contribution is 6.42. The van der Waals surface area contributed by atoms with Crippen LogP contribution >= 0.6 is 0 Å². The van der Waals surface area contributed by atoms with Crippen LogP contribution < -0.4 is 0 Å². The molecule has 64 heavy (non-hydrogen) atoms. The number of fused-ring (bicyclic) bond motifs is 4. The minimum atomic E-state index is -1.77. The van der Waals surface area contributed by atoms with Gasteiger partial charge in [0, 0.05) is 32.3 Å². The molecule has 0 unspecified atom stereocenters. The van der Waals surface area contributed by atoms with Gasteiger partial charge in [-0.3, -0.25) is 0 Å². The first-order chi connectivity index (χ1) is 30.5. The fourth-order valence-electron chi connectivity index (χ4n) is 9.42. The zero-order valence-corrected chi connectivity index (χ0v) is 32.1. The highest BCUT2D eigenvalue weighted by Gasteiger charge is 2.35. The molecule has 0 saturated heterocycles. The summed E-state index contributed by atoms with van der Waals surface area (Å²) < 4.78 is 0. The van der Waals surface area contributed by atoms with Gasteiger partial charge in [0.2, 0.25) is 0 Å². The molecule has 0 saturated carbocycles. The number of hydrogen-bond acceptors (Lipinski definition) is 8. The fraction of sp³-hybridized carbons (Fsp3) is 0. The Bertz CT molecular complexity index is 3600. The Labute approximate surface area is 353 Å². The third-order valence-corrected chi connectivity index (χ3v) is 11.6. The van der Waals surface area contributed by atoms with Gasteiger partial charge in [0.25, 0.3) is 0 Å². The average Bonchev–Trinajstić information content (AvgIpc) is 3.25. The van der Waals surface area contributed by atoms with Crippen LogP contribution in [-0.4, -0.2) is 88.6 Å². The SMILES string of the molecule is O=C(O)c1c(C(=O)O)c2c(C(=O)O)ccc3c4cccc5cccc(c(c1C(=O)O)c23)c54.O=C(O)c1c(C(=O)O)c2c(C(=O)O)ccc3c4cccc5cccc(c(c1C(=O)O)c23)c54. The standard InChI is InChI=1S/2C24H12O8/c2*25-21(26)13-8-7-11-10-5-1-3-9-4-2-6-12(14(9)10)16-15(11)17(13)19(23(29)30)20(24(31)32)18(16)22(27)28/h2*1-8H,(H,25,26)(H,27,28)(H,29,30)(H,31,32). The van der Waals surface area contributed by atoms with Crippen LogP contribution in [0.4, 0.5) is 0 Å². The lowest BCUT2D eigenvalue weighted by atomic mass is 9.81. The normalized spacial score (nSPS) is 11.5. The van der Waals surface area contributed by atoms with E-state index < -0.39 is 92.3 Å². The molecule has 0 aliphatic rings. The lowest BCUT2D eigenvalue weighted by Crippen LogP contribution is -2.18. The summed E-state index contributed by atoms with van der Waals surface area (Å²) in [5.74, 6) is -13.2. The first-order valence-electron chi connectivity index (χ1n) is 18.7. The Morgan fingerprint density at radius 1 is 0.234 bits per heavy atom. The Morgan fingerprint density at radius 2 is 0.500 bits per heavy atom. The van der Waals surface area contributed by atoms with E-state index >= 15 is 0 Å². The monoisotopic (exact) mass is 856 g/mol. The molecule has 8 N–H and O–H groups in total. The Balaban J connectivity index is 0.000000162. The predicted molar refractivity (Wildman–Crippen MR) is 231 cm³/mol. The fourth-order valence-corrected chi connectivity index (χ4v) is 9.42. The van der Waals surface area contributed by atoms with E-state index in [1.54, 1.807) is 48.5 Å². The van der Waals surface area contributed by atoms with Crippen molar-refractivity contribution in [3.8, 4) is 0 Å². The van der Waals surface area contributed by atoms with Crippen LogP contribution in [0.2, 0.25) is 0 Å². The van der Waals surface area contributed by atoms with Crippen LogP contribution in [-0.2, 0) is 0 Å². The van der Waals surface area contributed by atoms with Crippen molar-refractivity contribution >= 4 is 134 Å². The Morgan fingerprint density at radius 3 is 0.781 bits per heavy atom. The molecule has 0 fully saturated rings. The van der Waals surface area contributed by atoms with Crippen LogP contribution in [0.5, 0.6) is 0 Å². The third-order valence-electron chi connectivity index (χ3n) is 11.6. The van der Waals surface area contributed by atoms with Gasteiger partial charge in [-0.15, -0.1) is 0 Å². The summed E-state index contributed by atoms with van der Waals surface area (Å²) in [5.41, 5.74) is -5.85. The molecule has 10 aromatic rings. The quantitative estimate of drug-likeness (QED) is 0.0522. The van der Waals surface area contributed by atoms with E-state index in [4.69, 9.17) is 0 Å². The minimum absolute atomic E-state index is 0.00250. The molecule has 0 amide bonds. The van der Waals surface area contributed by atoms with Gasteiger partial charge >= 0.3 is 47.8 Å². The molecule has 0 spiro atoms. The van der Waals surface area contributed by atoms with Crippen molar-refractivity contribution in [3.05, 3.63) is 142 Å². The summed E-state index contributed by atoms with van der Waals surface area (Å²) in [5, 5.41) is 84.5. The van der Waals surface area contributed by atoms with Gasteiger partial charge in [-0.2, -0.15) is 0 Å². The molecule has 0 heterocycles. The van der Waals surface area contributed by atoms with Crippen molar-refractivity contribution in [3.63, 3.8) is 0 Å². The molecule has 0 aromatic heterocycles. The maximum atomic E-state index is 12.3. The van der Waals surface area contributed by atoms with E-state index in [-0.39, 0.29) is 32.3 Å². The van der Waals surface area contributed by atoms with Crippen molar-refractivity contribution in [2.45, 2.75) is 0 Å². The predicted octanol–water partition coefficient (Wildman–Crippen LogP) is 9.06. The van der Waals surface area contributed by atoms with Crippen molar-refractivity contribution in [2.24, 2.45) is 0 Å². The summed E-state index contributed by atoms with van der Waals surface area (Å²) in [6.07, 6.45) is 0. The number of hydrogen-bond donors (Lipinski definition) is 8. The molecule has 10 aromatic carbocycles. The van der Waals surface area contributed by atoms with Crippen molar-refractivity contribution in [2.75, 3.05) is 0 Å². The second-order valence-corrected chi connectivity index (χ2v) is 14.7. The van der Waals surface area contributed by atoms with Crippen LogP contribution in [0.15, 0.2) is 97.1 Å². The summed E-state index contributed by atoms with van der Waals surface area (Å²) in [6.45, 7) is 0. The van der Waals surface area contributed by atoms with Gasteiger partial charge in [0.15, 0.2) is 0 Å². The largest absolute Gasteiger partial charge is 0.478 e. The van der Waals surface area contributed by atoms with E-state index in [9.17, 15) is 79.2 Å². The molecular weight excluding hydrogens is 833 g/mol.